The molecule has 18 heavy (non-hydrogen) atoms. The molecule has 0 aliphatic carbocycles. The molecule has 1 amide bonds. The Morgan fingerprint density at radius 3 is 2.83 bits per heavy atom. The summed E-state index contributed by atoms with van der Waals surface area (Å²) >= 11 is 4.94. The molecule has 0 aromatic carbocycles. The Morgan fingerprint density at radius 2 is 2.33 bits per heavy atom. The minimum absolute atomic E-state index is 0.0159. The van der Waals surface area contributed by atoms with Crippen molar-refractivity contribution >= 4 is 39.2 Å². The monoisotopic (exact) mass is 331 g/mol. The minimum Gasteiger partial charge on any atom is -0.396 e. The van der Waals surface area contributed by atoms with Crippen LogP contribution in [0, 0.1) is 5.92 Å². The number of hydrogen-bond donors (Lipinski definition) is 2. The Bertz CT molecular complexity index is 415. The zero-order chi connectivity index (χ0) is 13.5. The Hall–Kier alpha value is -0.650. The van der Waals surface area contributed by atoms with Crippen LogP contribution in [0.5, 0.6) is 0 Å². The third-order valence-electron chi connectivity index (χ3n) is 2.56. The highest BCUT2D eigenvalue weighted by Crippen LogP contribution is 2.20. The fourth-order valence-corrected chi connectivity index (χ4v) is 2.85. The maximum Gasteiger partial charge on any atom is 0.244 e. The van der Waals surface area contributed by atoms with E-state index in [-0.39, 0.29) is 18.6 Å². The summed E-state index contributed by atoms with van der Waals surface area (Å²) in [6.45, 7) is 4.14. The summed E-state index contributed by atoms with van der Waals surface area (Å²) in [7, 11) is 0. The number of rotatable bonds is 6. The summed E-state index contributed by atoms with van der Waals surface area (Å²) < 4.78 is 1.02. The largest absolute Gasteiger partial charge is 0.396 e. The van der Waals surface area contributed by atoms with Gasteiger partial charge in [0.25, 0.3) is 0 Å². The molecule has 0 saturated heterocycles. The van der Waals surface area contributed by atoms with Gasteiger partial charge < -0.3 is 10.4 Å². The average molecular weight is 332 g/mol. The first-order valence-electron chi connectivity index (χ1n) is 5.86. The molecule has 0 spiro atoms. The second-order valence-corrected chi connectivity index (χ2v) is 6.23. The molecule has 1 heterocycles. The molecule has 100 valence electrons. The topological polar surface area (TPSA) is 49.3 Å². The van der Waals surface area contributed by atoms with Crippen LogP contribution < -0.4 is 5.32 Å². The molecule has 0 bridgehead atoms. The molecular formula is C13H18BrNO2S. The first-order chi connectivity index (χ1) is 8.52. The fraction of sp³-hybridized carbons (Fsp3) is 0.462. The summed E-state index contributed by atoms with van der Waals surface area (Å²) in [4.78, 5) is 12.8. The molecule has 1 rings (SSSR count). The van der Waals surface area contributed by atoms with E-state index in [0.717, 1.165) is 9.35 Å². The smallest absolute Gasteiger partial charge is 0.244 e. The highest BCUT2D eigenvalue weighted by molar-refractivity contribution is 9.10. The van der Waals surface area contributed by atoms with Crippen molar-refractivity contribution in [2.45, 2.75) is 26.3 Å². The van der Waals surface area contributed by atoms with Crippen molar-refractivity contribution in [3.63, 3.8) is 0 Å². The Kier molecular flexibility index (Phi) is 6.60. The molecule has 0 aliphatic rings. The Morgan fingerprint density at radius 1 is 1.61 bits per heavy atom. The van der Waals surface area contributed by atoms with Gasteiger partial charge in [-0.15, -0.1) is 11.3 Å². The van der Waals surface area contributed by atoms with Crippen LogP contribution in [0.15, 0.2) is 22.0 Å². The number of carbonyl (C=O) groups is 1. The van der Waals surface area contributed by atoms with Gasteiger partial charge in [0.1, 0.15) is 0 Å². The number of halogens is 1. The molecule has 1 atom stereocenters. The van der Waals surface area contributed by atoms with Crippen LogP contribution in [0.25, 0.3) is 6.08 Å². The van der Waals surface area contributed by atoms with Crippen LogP contribution in [0.1, 0.15) is 25.1 Å². The number of carbonyl (C=O) groups excluding carboxylic acids is 1. The number of hydrogen-bond acceptors (Lipinski definition) is 3. The summed E-state index contributed by atoms with van der Waals surface area (Å²) in [5, 5.41) is 13.8. The van der Waals surface area contributed by atoms with E-state index < -0.39 is 0 Å². The van der Waals surface area contributed by atoms with Crippen LogP contribution in [-0.4, -0.2) is 23.7 Å². The van der Waals surface area contributed by atoms with E-state index in [1.54, 1.807) is 17.4 Å². The van der Waals surface area contributed by atoms with Crippen molar-refractivity contribution in [3.8, 4) is 0 Å². The van der Waals surface area contributed by atoms with Crippen molar-refractivity contribution in [2.75, 3.05) is 6.61 Å². The maximum atomic E-state index is 11.7. The molecule has 1 unspecified atom stereocenters. The van der Waals surface area contributed by atoms with Gasteiger partial charge in [0, 0.05) is 33.5 Å². The van der Waals surface area contributed by atoms with E-state index in [9.17, 15) is 4.79 Å². The number of aliphatic hydroxyl groups excluding tert-OH is 1. The van der Waals surface area contributed by atoms with Gasteiger partial charge in [-0.25, -0.2) is 0 Å². The Balaban J connectivity index is 2.52. The highest BCUT2D eigenvalue weighted by Gasteiger charge is 2.13. The summed E-state index contributed by atoms with van der Waals surface area (Å²) in [6.07, 6.45) is 3.91. The van der Waals surface area contributed by atoms with E-state index in [2.05, 4.69) is 21.2 Å². The molecule has 0 saturated carbocycles. The van der Waals surface area contributed by atoms with E-state index in [1.165, 1.54) is 6.08 Å². The lowest BCUT2D eigenvalue weighted by Crippen LogP contribution is -2.38. The van der Waals surface area contributed by atoms with Crippen molar-refractivity contribution in [1.29, 1.82) is 0 Å². The molecule has 3 nitrogen and oxygen atoms in total. The van der Waals surface area contributed by atoms with Gasteiger partial charge in [-0.1, -0.05) is 13.8 Å². The number of thiophene rings is 1. The predicted octanol–water partition coefficient (Wildman–Crippen LogP) is 3.05. The zero-order valence-electron chi connectivity index (χ0n) is 10.5. The van der Waals surface area contributed by atoms with Gasteiger partial charge in [0.15, 0.2) is 0 Å². The van der Waals surface area contributed by atoms with E-state index in [1.807, 2.05) is 25.3 Å². The number of amides is 1. The predicted molar refractivity (Wildman–Crippen MR) is 79.5 cm³/mol. The maximum absolute atomic E-state index is 11.7. The average Bonchev–Trinajstić information content (AvgIpc) is 2.72. The first kappa shape index (κ1) is 15.4. The normalized spacial score (nSPS) is 13.2. The fourth-order valence-electron chi connectivity index (χ4n) is 1.52. The molecule has 0 radical (unpaired) electrons. The standard InChI is InChI=1S/C13H18BrNO2S/c1-9(2)12(5-6-16)15-13(17)4-3-11-7-10(14)8-18-11/h3-4,7-9,12,16H,5-6H2,1-2H3,(H,15,17)/b4-3+. The van der Waals surface area contributed by atoms with Crippen molar-refractivity contribution in [3.05, 3.63) is 26.9 Å². The van der Waals surface area contributed by atoms with E-state index in [0.29, 0.717) is 12.3 Å². The van der Waals surface area contributed by atoms with Crippen LogP contribution >= 0.6 is 27.3 Å². The van der Waals surface area contributed by atoms with Crippen LogP contribution in [0.4, 0.5) is 0 Å². The molecule has 0 fully saturated rings. The lowest BCUT2D eigenvalue weighted by Gasteiger charge is -2.20. The van der Waals surface area contributed by atoms with E-state index in [4.69, 9.17) is 5.11 Å². The van der Waals surface area contributed by atoms with Crippen molar-refractivity contribution < 1.29 is 9.90 Å². The molecule has 0 aliphatic heterocycles. The summed E-state index contributed by atoms with van der Waals surface area (Å²) in [6, 6.07) is 1.98. The van der Waals surface area contributed by atoms with Crippen LogP contribution in [0.3, 0.4) is 0 Å². The zero-order valence-corrected chi connectivity index (χ0v) is 12.9. The number of aliphatic hydroxyl groups is 1. The van der Waals surface area contributed by atoms with Crippen molar-refractivity contribution in [2.24, 2.45) is 5.92 Å². The van der Waals surface area contributed by atoms with Crippen molar-refractivity contribution in [1.82, 2.24) is 5.32 Å². The second kappa shape index (κ2) is 7.71. The Labute approximate surface area is 120 Å². The molecule has 1 aromatic heterocycles. The molecular weight excluding hydrogens is 314 g/mol. The van der Waals surface area contributed by atoms with E-state index >= 15 is 0 Å². The molecule has 1 aromatic rings. The third-order valence-corrected chi connectivity index (χ3v) is 4.22. The van der Waals surface area contributed by atoms with Gasteiger partial charge in [-0.3, -0.25) is 4.79 Å². The van der Waals surface area contributed by atoms with Crippen LogP contribution in [-0.2, 0) is 4.79 Å². The van der Waals surface area contributed by atoms with Gasteiger partial charge in [-0.05, 0) is 40.4 Å². The van der Waals surface area contributed by atoms with Gasteiger partial charge >= 0.3 is 0 Å². The highest BCUT2D eigenvalue weighted by atomic mass is 79.9. The van der Waals surface area contributed by atoms with Gasteiger partial charge in [0.2, 0.25) is 5.91 Å². The SMILES string of the molecule is CC(C)C(CCO)NC(=O)/C=C/c1cc(Br)cs1. The third kappa shape index (κ3) is 5.33. The first-order valence-corrected chi connectivity index (χ1v) is 7.53. The quantitative estimate of drug-likeness (QED) is 0.787. The molecule has 2 N–H and O–H groups in total. The van der Waals surface area contributed by atoms with Crippen LogP contribution in [0.2, 0.25) is 0 Å². The summed E-state index contributed by atoms with van der Waals surface area (Å²) in [5.74, 6) is 0.192. The van der Waals surface area contributed by atoms with Gasteiger partial charge in [-0.2, -0.15) is 0 Å². The molecule has 5 heteroatoms. The lowest BCUT2D eigenvalue weighted by atomic mass is 10.0. The lowest BCUT2D eigenvalue weighted by molar-refractivity contribution is -0.117. The minimum atomic E-state index is -0.119. The van der Waals surface area contributed by atoms with Gasteiger partial charge in [0.05, 0.1) is 0 Å². The number of nitrogens with one attached hydrogen (secondary N) is 1. The summed E-state index contributed by atoms with van der Waals surface area (Å²) in [5.41, 5.74) is 0. The second-order valence-electron chi connectivity index (χ2n) is 4.37.